The lowest BCUT2D eigenvalue weighted by Gasteiger charge is -2.13. The number of hydroxylamine groups is 1. The minimum absolute atomic E-state index is 0.125. The highest BCUT2D eigenvalue weighted by Gasteiger charge is 2.11. The monoisotopic (exact) mass is 415 g/mol. The predicted molar refractivity (Wildman–Crippen MR) is 115 cm³/mol. The molecule has 0 aliphatic heterocycles. The number of carbonyl (C=O) groups excluding carboxylic acids is 1. The number of nitrogens with zero attached hydrogens (tertiary/aromatic N) is 2. The van der Waals surface area contributed by atoms with Crippen molar-refractivity contribution in [3.05, 3.63) is 57.6 Å². The number of aryl methyl sites for hydroxylation is 2. The Labute approximate surface area is 175 Å². The highest BCUT2D eigenvalue weighted by atomic mass is 16.6. The molecular weight excluding hydrogens is 386 g/mol. The van der Waals surface area contributed by atoms with Crippen molar-refractivity contribution in [2.75, 3.05) is 25.0 Å². The fourth-order valence-electron chi connectivity index (χ4n) is 2.73. The summed E-state index contributed by atoms with van der Waals surface area (Å²) in [5.41, 5.74) is 9.95. The van der Waals surface area contributed by atoms with E-state index < -0.39 is 0 Å². The molecule has 30 heavy (non-hydrogen) atoms. The van der Waals surface area contributed by atoms with Gasteiger partial charge in [-0.25, -0.2) is 10.5 Å². The third kappa shape index (κ3) is 7.21. The maximum atomic E-state index is 12.7. The van der Waals surface area contributed by atoms with Crippen molar-refractivity contribution in [3.8, 4) is 0 Å². The summed E-state index contributed by atoms with van der Waals surface area (Å²) in [4.78, 5) is 33.8. The van der Waals surface area contributed by atoms with E-state index in [4.69, 9.17) is 16.0 Å². The van der Waals surface area contributed by atoms with E-state index >= 15 is 0 Å². The smallest absolute Gasteiger partial charge is 0.293 e. The second-order valence-corrected chi connectivity index (χ2v) is 6.70. The molecule has 0 spiro atoms. The van der Waals surface area contributed by atoms with Crippen LogP contribution in [0.25, 0.3) is 0 Å². The zero-order chi connectivity index (χ0) is 21.9. The molecular formula is C20H29N7O3. The summed E-state index contributed by atoms with van der Waals surface area (Å²) in [6.07, 6.45) is 3.32. The summed E-state index contributed by atoms with van der Waals surface area (Å²) in [6.45, 7) is 4.61. The lowest BCUT2D eigenvalue weighted by molar-refractivity contribution is -0.122. The number of nitrogens with two attached hydrogens (primary N) is 1. The minimum atomic E-state index is -0.346. The van der Waals surface area contributed by atoms with Crippen LogP contribution in [0.4, 0.5) is 5.82 Å². The van der Waals surface area contributed by atoms with Gasteiger partial charge in [-0.3, -0.25) is 24.4 Å². The summed E-state index contributed by atoms with van der Waals surface area (Å²) in [5.74, 6) is -0.439. The summed E-state index contributed by atoms with van der Waals surface area (Å²) >= 11 is 0. The van der Waals surface area contributed by atoms with Crippen LogP contribution in [0.15, 0.2) is 35.3 Å². The van der Waals surface area contributed by atoms with Gasteiger partial charge in [-0.05, 0) is 30.9 Å². The van der Waals surface area contributed by atoms with Crippen molar-refractivity contribution >= 4 is 17.7 Å². The molecule has 1 aromatic carbocycles. The predicted octanol–water partition coefficient (Wildman–Crippen LogP) is 0.300. The SMILES string of the molecule is CCc1ccc(CCNc2ncc(C)n(CC(=O)NCCONC(=N)N)c2=O)cc1. The number of benzene rings is 1. The fraction of sp³-hybridized carbons (Fsp3) is 0.400. The first kappa shape index (κ1) is 22.9. The summed E-state index contributed by atoms with van der Waals surface area (Å²) in [6, 6.07) is 8.38. The Morgan fingerprint density at radius 3 is 2.60 bits per heavy atom. The van der Waals surface area contributed by atoms with Crippen LogP contribution in [0.3, 0.4) is 0 Å². The average Bonchev–Trinajstić information content (AvgIpc) is 2.72. The van der Waals surface area contributed by atoms with Crippen molar-refractivity contribution in [2.24, 2.45) is 5.73 Å². The van der Waals surface area contributed by atoms with E-state index in [2.05, 4.69) is 52.3 Å². The Morgan fingerprint density at radius 1 is 1.23 bits per heavy atom. The molecule has 0 aliphatic carbocycles. The summed E-state index contributed by atoms with van der Waals surface area (Å²) < 4.78 is 1.37. The maximum absolute atomic E-state index is 12.7. The third-order valence-corrected chi connectivity index (χ3v) is 4.40. The number of amides is 1. The minimum Gasteiger partial charge on any atom is -0.368 e. The Hall–Kier alpha value is -3.40. The van der Waals surface area contributed by atoms with Gasteiger partial charge < -0.3 is 16.4 Å². The Bertz CT molecular complexity index is 910. The summed E-state index contributed by atoms with van der Waals surface area (Å²) in [5, 5.41) is 12.6. The number of guanidine groups is 1. The van der Waals surface area contributed by atoms with Crippen LogP contribution in [-0.4, -0.2) is 41.1 Å². The molecule has 10 nitrogen and oxygen atoms in total. The molecule has 162 valence electrons. The van der Waals surface area contributed by atoms with Gasteiger partial charge in [0.2, 0.25) is 11.9 Å². The molecule has 2 rings (SSSR count). The Morgan fingerprint density at radius 2 is 1.93 bits per heavy atom. The van der Waals surface area contributed by atoms with Crippen LogP contribution in [0.1, 0.15) is 23.7 Å². The molecule has 0 aliphatic rings. The van der Waals surface area contributed by atoms with Gasteiger partial charge in [-0.15, -0.1) is 0 Å². The first-order chi connectivity index (χ1) is 14.4. The third-order valence-electron chi connectivity index (χ3n) is 4.40. The number of hydrogen-bond donors (Lipinski definition) is 5. The molecule has 0 fully saturated rings. The van der Waals surface area contributed by atoms with Gasteiger partial charge in [0.05, 0.1) is 6.61 Å². The van der Waals surface area contributed by atoms with Crippen LogP contribution < -0.4 is 27.4 Å². The van der Waals surface area contributed by atoms with Crippen molar-refractivity contribution in [3.63, 3.8) is 0 Å². The van der Waals surface area contributed by atoms with Crippen molar-refractivity contribution < 1.29 is 9.63 Å². The zero-order valence-corrected chi connectivity index (χ0v) is 17.3. The number of aromatic nitrogens is 2. The second-order valence-electron chi connectivity index (χ2n) is 6.70. The quantitative estimate of drug-likeness (QED) is 0.153. The maximum Gasteiger partial charge on any atom is 0.293 e. The van der Waals surface area contributed by atoms with E-state index in [9.17, 15) is 9.59 Å². The zero-order valence-electron chi connectivity index (χ0n) is 17.3. The molecule has 6 N–H and O–H groups in total. The Kier molecular flexibility index (Phi) is 8.82. The largest absolute Gasteiger partial charge is 0.368 e. The molecule has 0 bridgehead atoms. The molecule has 0 atom stereocenters. The van der Waals surface area contributed by atoms with Gasteiger partial charge in [0.15, 0.2) is 5.82 Å². The average molecular weight is 415 g/mol. The normalized spacial score (nSPS) is 10.5. The van der Waals surface area contributed by atoms with E-state index in [-0.39, 0.29) is 42.9 Å². The van der Waals surface area contributed by atoms with E-state index in [0.29, 0.717) is 12.2 Å². The van der Waals surface area contributed by atoms with Crippen LogP contribution in [0, 0.1) is 12.3 Å². The second kappa shape index (κ2) is 11.6. The van der Waals surface area contributed by atoms with Crippen LogP contribution in [0.5, 0.6) is 0 Å². The van der Waals surface area contributed by atoms with E-state index in [1.54, 1.807) is 13.1 Å². The van der Waals surface area contributed by atoms with Crippen molar-refractivity contribution in [1.29, 1.82) is 5.41 Å². The van der Waals surface area contributed by atoms with Crippen LogP contribution in [-0.2, 0) is 29.0 Å². The number of carbonyl (C=O) groups is 1. The molecule has 0 radical (unpaired) electrons. The molecule has 10 heteroatoms. The molecule has 1 aromatic heterocycles. The van der Waals surface area contributed by atoms with E-state index in [1.165, 1.54) is 15.7 Å². The van der Waals surface area contributed by atoms with Crippen molar-refractivity contribution in [2.45, 2.75) is 33.2 Å². The van der Waals surface area contributed by atoms with Gasteiger partial charge in [-0.1, -0.05) is 31.2 Å². The summed E-state index contributed by atoms with van der Waals surface area (Å²) in [7, 11) is 0. The molecule has 0 saturated carbocycles. The topological polar surface area (TPSA) is 147 Å². The van der Waals surface area contributed by atoms with E-state index in [1.807, 2.05) is 0 Å². The van der Waals surface area contributed by atoms with Gasteiger partial charge >= 0.3 is 0 Å². The number of rotatable bonds is 11. The molecule has 0 unspecified atom stereocenters. The number of nitrogens with one attached hydrogen (secondary N) is 4. The molecule has 0 saturated heterocycles. The number of anilines is 1. The first-order valence-electron chi connectivity index (χ1n) is 9.77. The molecule has 1 amide bonds. The van der Waals surface area contributed by atoms with Gasteiger partial charge in [-0.2, -0.15) is 0 Å². The van der Waals surface area contributed by atoms with Crippen molar-refractivity contribution in [1.82, 2.24) is 20.3 Å². The van der Waals surface area contributed by atoms with Gasteiger partial charge in [0, 0.05) is 25.0 Å². The van der Waals surface area contributed by atoms with Crippen LogP contribution >= 0.6 is 0 Å². The highest BCUT2D eigenvalue weighted by Crippen LogP contribution is 2.06. The van der Waals surface area contributed by atoms with Gasteiger partial charge in [0.25, 0.3) is 5.56 Å². The molecule has 1 heterocycles. The fourth-order valence-corrected chi connectivity index (χ4v) is 2.73. The first-order valence-corrected chi connectivity index (χ1v) is 9.77. The molecule has 2 aromatic rings. The van der Waals surface area contributed by atoms with E-state index in [0.717, 1.165) is 12.8 Å². The highest BCUT2D eigenvalue weighted by molar-refractivity contribution is 5.75. The Balaban J connectivity index is 1.88. The standard InChI is InChI=1S/C20H29N7O3/c1-3-15-4-6-16(7-5-15)8-9-24-18-19(29)27(14(2)12-25-18)13-17(28)23-10-11-30-26-20(21)22/h4-7,12H,3,8-11,13H2,1-2H3,(H,23,28)(H,24,25)(H4,21,22,26). The lowest BCUT2D eigenvalue weighted by atomic mass is 10.1. The van der Waals surface area contributed by atoms with Gasteiger partial charge in [0.1, 0.15) is 6.54 Å². The number of hydrogen-bond acceptors (Lipinski definition) is 6. The lowest BCUT2D eigenvalue weighted by Crippen LogP contribution is -2.37. The van der Waals surface area contributed by atoms with Crippen LogP contribution in [0.2, 0.25) is 0 Å².